The fourth-order valence-corrected chi connectivity index (χ4v) is 4.40. The zero-order valence-corrected chi connectivity index (χ0v) is 19.8. The number of amides is 1. The van der Waals surface area contributed by atoms with Crippen LogP contribution in [0.15, 0.2) is 27.8 Å². The van der Waals surface area contributed by atoms with Gasteiger partial charge in [-0.15, -0.1) is 0 Å². The third kappa shape index (κ3) is 8.04. The van der Waals surface area contributed by atoms with E-state index in [1.54, 1.807) is 11.2 Å². The lowest BCUT2D eigenvalue weighted by atomic mass is 9.93. The predicted octanol–water partition coefficient (Wildman–Crippen LogP) is 3.71. The maximum absolute atomic E-state index is 12.0. The Morgan fingerprint density at radius 1 is 1.16 bits per heavy atom. The first-order chi connectivity index (χ1) is 15.5. The van der Waals surface area contributed by atoms with Crippen LogP contribution in [0.3, 0.4) is 0 Å². The minimum absolute atomic E-state index is 0.211. The summed E-state index contributed by atoms with van der Waals surface area (Å²) in [5.74, 6) is 1.81. The number of guanidine groups is 1. The molecule has 1 aromatic heterocycles. The molecule has 32 heavy (non-hydrogen) atoms. The second-order valence-corrected chi connectivity index (χ2v) is 8.97. The summed E-state index contributed by atoms with van der Waals surface area (Å²) in [7, 11) is 0. The molecule has 8 heteroatoms. The van der Waals surface area contributed by atoms with Gasteiger partial charge in [0.1, 0.15) is 5.76 Å². The molecule has 0 atom stereocenters. The van der Waals surface area contributed by atoms with Crippen molar-refractivity contribution >= 4 is 12.1 Å². The summed E-state index contributed by atoms with van der Waals surface area (Å²) in [6, 6.07) is 4.58. The molecular formula is C24H40N4O4. The average Bonchev–Trinajstić information content (AvgIpc) is 3.29. The Hall–Kier alpha value is -2.22. The highest BCUT2D eigenvalue weighted by atomic mass is 16.6. The van der Waals surface area contributed by atoms with Crippen LogP contribution in [0.4, 0.5) is 4.79 Å². The van der Waals surface area contributed by atoms with Crippen LogP contribution in [0.5, 0.6) is 0 Å². The lowest BCUT2D eigenvalue weighted by Gasteiger charge is -2.34. The fraction of sp³-hybridized carbons (Fsp3) is 0.750. The van der Waals surface area contributed by atoms with Crippen molar-refractivity contribution in [1.82, 2.24) is 15.5 Å². The first-order valence-corrected chi connectivity index (χ1v) is 12.2. The summed E-state index contributed by atoms with van der Waals surface area (Å²) in [5.41, 5.74) is 0. The third-order valence-corrected chi connectivity index (χ3v) is 6.05. The van der Waals surface area contributed by atoms with E-state index in [0.717, 1.165) is 56.7 Å². The number of nitrogens with one attached hydrogen (secondary N) is 2. The number of carbonyl (C=O) groups excluding carboxylic acids is 1. The largest absolute Gasteiger partial charge is 0.469 e. The summed E-state index contributed by atoms with van der Waals surface area (Å²) in [4.78, 5) is 18.6. The van der Waals surface area contributed by atoms with Gasteiger partial charge in [-0.2, -0.15) is 0 Å². The molecule has 0 spiro atoms. The van der Waals surface area contributed by atoms with Gasteiger partial charge in [-0.25, -0.2) is 4.79 Å². The molecule has 1 aromatic rings. The van der Waals surface area contributed by atoms with Crippen molar-refractivity contribution in [3.63, 3.8) is 0 Å². The highest BCUT2D eigenvalue weighted by Gasteiger charge is 2.26. The zero-order chi connectivity index (χ0) is 22.8. The van der Waals surface area contributed by atoms with E-state index in [9.17, 15) is 4.79 Å². The molecule has 2 N–H and O–H groups in total. The van der Waals surface area contributed by atoms with Crippen molar-refractivity contribution in [2.24, 2.45) is 4.99 Å². The van der Waals surface area contributed by atoms with Gasteiger partial charge in [-0.05, 0) is 71.4 Å². The molecule has 2 aliphatic rings. The fourth-order valence-electron chi connectivity index (χ4n) is 4.40. The van der Waals surface area contributed by atoms with Gasteiger partial charge in [-0.1, -0.05) is 0 Å². The highest BCUT2D eigenvalue weighted by Crippen LogP contribution is 2.22. The van der Waals surface area contributed by atoms with Crippen molar-refractivity contribution < 1.29 is 18.7 Å². The van der Waals surface area contributed by atoms with E-state index < -0.39 is 0 Å². The number of piperidine rings is 1. The van der Waals surface area contributed by atoms with E-state index in [4.69, 9.17) is 18.9 Å². The van der Waals surface area contributed by atoms with Crippen LogP contribution in [0.25, 0.3) is 0 Å². The smallest absolute Gasteiger partial charge is 0.409 e. The highest BCUT2D eigenvalue weighted by molar-refractivity contribution is 5.80. The summed E-state index contributed by atoms with van der Waals surface area (Å²) in [5, 5.41) is 7.28. The van der Waals surface area contributed by atoms with Crippen LogP contribution in [0.1, 0.15) is 65.1 Å². The first kappa shape index (κ1) is 24.4. The van der Waals surface area contributed by atoms with Gasteiger partial charge in [0.15, 0.2) is 5.96 Å². The van der Waals surface area contributed by atoms with Gasteiger partial charge in [0, 0.05) is 38.1 Å². The number of nitrogens with zero attached hydrogens (tertiary/aromatic N) is 2. The quantitative estimate of drug-likeness (QED) is 0.466. The minimum Gasteiger partial charge on any atom is -0.469 e. The van der Waals surface area contributed by atoms with Gasteiger partial charge in [-0.3, -0.25) is 4.99 Å². The number of aliphatic imine (C=N–C) groups is 1. The molecule has 2 fully saturated rings. The topological polar surface area (TPSA) is 88.3 Å². The SMILES string of the molecule is CCOC(=O)N1CCC(NC(=NCCc2ccco2)NC2CCC(OC(C)C)CC2)CC1. The van der Waals surface area contributed by atoms with Gasteiger partial charge in [0.2, 0.25) is 0 Å². The number of hydrogen-bond donors (Lipinski definition) is 2. The lowest BCUT2D eigenvalue weighted by Crippen LogP contribution is -2.52. The second kappa shape index (κ2) is 12.7. The third-order valence-electron chi connectivity index (χ3n) is 6.05. The number of hydrogen-bond acceptors (Lipinski definition) is 5. The Morgan fingerprint density at radius 3 is 2.44 bits per heavy atom. The second-order valence-electron chi connectivity index (χ2n) is 8.97. The Bertz CT molecular complexity index is 691. The molecule has 8 nitrogen and oxygen atoms in total. The van der Waals surface area contributed by atoms with Gasteiger partial charge < -0.3 is 29.4 Å². The number of ether oxygens (including phenoxy) is 2. The van der Waals surface area contributed by atoms with E-state index in [1.165, 1.54) is 0 Å². The molecule has 3 rings (SSSR count). The monoisotopic (exact) mass is 448 g/mol. The van der Waals surface area contributed by atoms with Crippen molar-refractivity contribution in [3.8, 4) is 0 Å². The predicted molar refractivity (Wildman–Crippen MR) is 125 cm³/mol. The van der Waals surface area contributed by atoms with Crippen molar-refractivity contribution in [2.45, 2.75) is 90.0 Å². The normalized spacial score (nSPS) is 22.8. The van der Waals surface area contributed by atoms with E-state index in [2.05, 4.69) is 24.5 Å². The van der Waals surface area contributed by atoms with Gasteiger partial charge in [0.25, 0.3) is 0 Å². The van der Waals surface area contributed by atoms with Crippen molar-refractivity contribution in [3.05, 3.63) is 24.2 Å². The number of likely N-dealkylation sites (tertiary alicyclic amines) is 1. The zero-order valence-electron chi connectivity index (χ0n) is 19.8. The molecule has 0 bridgehead atoms. The molecule has 1 saturated heterocycles. The lowest BCUT2D eigenvalue weighted by molar-refractivity contribution is -0.0152. The summed E-state index contributed by atoms with van der Waals surface area (Å²) in [6.45, 7) is 8.53. The van der Waals surface area contributed by atoms with E-state index in [0.29, 0.717) is 38.4 Å². The van der Waals surface area contributed by atoms with Crippen molar-refractivity contribution in [2.75, 3.05) is 26.2 Å². The molecule has 0 aromatic carbocycles. The van der Waals surface area contributed by atoms with Gasteiger partial charge >= 0.3 is 6.09 Å². The van der Waals surface area contributed by atoms with E-state index >= 15 is 0 Å². The molecule has 0 radical (unpaired) electrons. The Balaban J connectivity index is 1.51. The van der Waals surface area contributed by atoms with Crippen LogP contribution in [-0.2, 0) is 15.9 Å². The van der Waals surface area contributed by atoms with Crippen LogP contribution >= 0.6 is 0 Å². The standard InChI is InChI=1S/C24H40N4O4/c1-4-30-24(29)28-15-12-20(13-16-28)27-23(25-14-11-21-6-5-17-31-21)26-19-7-9-22(10-8-19)32-18(2)3/h5-6,17-20,22H,4,7-16H2,1-3H3,(H2,25,26,27). The molecular weight excluding hydrogens is 408 g/mol. The Labute approximate surface area is 192 Å². The average molecular weight is 449 g/mol. The summed E-state index contributed by atoms with van der Waals surface area (Å²) in [6.07, 6.45) is 8.99. The number of carbonyl (C=O) groups is 1. The molecule has 1 aliphatic carbocycles. The van der Waals surface area contributed by atoms with Crippen LogP contribution in [0, 0.1) is 0 Å². The molecule has 1 aliphatic heterocycles. The molecule has 1 saturated carbocycles. The van der Waals surface area contributed by atoms with E-state index in [1.807, 2.05) is 19.1 Å². The first-order valence-electron chi connectivity index (χ1n) is 12.2. The minimum atomic E-state index is -0.211. The molecule has 180 valence electrons. The van der Waals surface area contributed by atoms with Crippen LogP contribution in [0.2, 0.25) is 0 Å². The molecule has 2 heterocycles. The number of rotatable bonds is 8. The Kier molecular flexibility index (Phi) is 9.71. The summed E-state index contributed by atoms with van der Waals surface area (Å²) >= 11 is 0. The number of furan rings is 1. The maximum atomic E-state index is 12.0. The van der Waals surface area contributed by atoms with Crippen LogP contribution < -0.4 is 10.6 Å². The van der Waals surface area contributed by atoms with Crippen LogP contribution in [-0.4, -0.2) is 67.5 Å². The van der Waals surface area contributed by atoms with E-state index in [-0.39, 0.29) is 18.2 Å². The molecule has 0 unspecified atom stereocenters. The maximum Gasteiger partial charge on any atom is 0.409 e. The molecule has 1 amide bonds. The summed E-state index contributed by atoms with van der Waals surface area (Å²) < 4.78 is 16.6. The Morgan fingerprint density at radius 2 is 1.84 bits per heavy atom. The van der Waals surface area contributed by atoms with Gasteiger partial charge in [0.05, 0.1) is 25.1 Å². The van der Waals surface area contributed by atoms with Crippen molar-refractivity contribution in [1.29, 1.82) is 0 Å².